The Hall–Kier alpha value is -2.79. The molecule has 3 fully saturated rings. The van der Waals surface area contributed by atoms with Crippen LogP contribution < -0.4 is 10.6 Å². The van der Waals surface area contributed by atoms with Crippen molar-refractivity contribution in [1.82, 2.24) is 10.6 Å². The molecule has 14 N–H and O–H groups in total. The molecule has 0 spiro atoms. The van der Waals surface area contributed by atoms with Crippen LogP contribution in [-0.4, -0.2) is 215 Å². The summed E-state index contributed by atoms with van der Waals surface area (Å²) in [6.45, 7) is 2.17. The minimum absolute atomic E-state index is 0.196. The standard InChI is InChI=1S/C75H138N2O21/c1-4-6-8-10-12-14-16-18-20-22-24-26-27-28-29-30-32-34-36-38-40-42-44-46-48-57(82)56(77-62(85)49-47-45-43-41-39-37-35-33-31-25-23-21-19-17-15-13-11-9-7-5-2)54-93-72-67(89)66(88)69(61(53-80)95-72)96-73-68(90)71(65(87)60(52-79)94-73)98-75(74(91)92)50-58(83)63(76-55(3)81)70(97-75)64(86)59(84)51-78/h25,31,46,48,56-61,63-73,78-80,82-84,86-90H,4-24,26-30,32-45,47,49-54H2,1-3H3,(H,76,81)(H,77,85)(H,91,92)/b31-25-,48-46+. The first-order valence-electron chi connectivity index (χ1n) is 38.7. The first-order chi connectivity index (χ1) is 47.4. The minimum Gasteiger partial charge on any atom is -0.477 e. The van der Waals surface area contributed by atoms with E-state index in [1.165, 1.54) is 180 Å². The van der Waals surface area contributed by atoms with Crippen molar-refractivity contribution in [2.75, 3.05) is 26.4 Å². The summed E-state index contributed by atoms with van der Waals surface area (Å²) in [7, 11) is 0. The van der Waals surface area contributed by atoms with Crippen molar-refractivity contribution in [2.24, 2.45) is 0 Å². The molecule has 3 rings (SSSR count). The van der Waals surface area contributed by atoms with Crippen LogP contribution >= 0.6 is 0 Å². The fraction of sp³-hybridized carbons (Fsp3) is 0.907. The quantitative estimate of drug-likeness (QED) is 0.0199. The number of allylic oxidation sites excluding steroid dienone is 3. The first-order valence-corrected chi connectivity index (χ1v) is 38.7. The molecule has 3 aliphatic rings. The monoisotopic (exact) mass is 1400 g/mol. The molecule has 0 radical (unpaired) electrons. The van der Waals surface area contributed by atoms with Gasteiger partial charge in [-0.15, -0.1) is 0 Å². The Morgan fingerprint density at radius 1 is 0.531 bits per heavy atom. The van der Waals surface area contributed by atoms with Gasteiger partial charge in [-0.1, -0.05) is 256 Å². The van der Waals surface area contributed by atoms with E-state index in [2.05, 4.69) is 36.6 Å². The molecule has 2 amide bonds. The van der Waals surface area contributed by atoms with Crippen molar-refractivity contribution in [3.8, 4) is 0 Å². The molecule has 98 heavy (non-hydrogen) atoms. The maximum absolute atomic E-state index is 13.5. The van der Waals surface area contributed by atoms with E-state index in [0.29, 0.717) is 12.8 Å². The van der Waals surface area contributed by atoms with E-state index in [-0.39, 0.29) is 12.3 Å². The molecule has 23 nitrogen and oxygen atoms in total. The van der Waals surface area contributed by atoms with Crippen LogP contribution in [0.4, 0.5) is 0 Å². The Kier molecular flexibility index (Phi) is 50.0. The number of nitrogens with one attached hydrogen (secondary N) is 2. The molecular formula is C75H138N2O21. The zero-order chi connectivity index (χ0) is 71.8. The van der Waals surface area contributed by atoms with Crippen LogP contribution in [0.25, 0.3) is 0 Å². The van der Waals surface area contributed by atoms with Crippen LogP contribution in [0.2, 0.25) is 0 Å². The van der Waals surface area contributed by atoms with Gasteiger partial charge in [-0.2, -0.15) is 0 Å². The molecule has 3 saturated heterocycles. The van der Waals surface area contributed by atoms with E-state index < -0.39 is 155 Å². The van der Waals surface area contributed by atoms with Crippen LogP contribution in [0.3, 0.4) is 0 Å². The Bertz CT molecular complexity index is 2060. The molecule has 0 saturated carbocycles. The summed E-state index contributed by atoms with van der Waals surface area (Å²) >= 11 is 0. The molecule has 0 aromatic carbocycles. The van der Waals surface area contributed by atoms with Crippen LogP contribution in [0.5, 0.6) is 0 Å². The molecule has 574 valence electrons. The van der Waals surface area contributed by atoms with Gasteiger partial charge >= 0.3 is 5.97 Å². The maximum Gasteiger partial charge on any atom is 0.364 e. The molecule has 23 heteroatoms. The lowest BCUT2D eigenvalue weighted by Gasteiger charge is -2.50. The molecular weight excluding hydrogens is 1260 g/mol. The second-order valence-electron chi connectivity index (χ2n) is 28.2. The highest BCUT2D eigenvalue weighted by Crippen LogP contribution is 2.39. The number of hydrogen-bond acceptors (Lipinski definition) is 20. The van der Waals surface area contributed by atoms with Gasteiger partial charge in [0.2, 0.25) is 11.8 Å². The fourth-order valence-corrected chi connectivity index (χ4v) is 13.5. The van der Waals surface area contributed by atoms with Gasteiger partial charge < -0.3 is 100 Å². The molecule has 0 aromatic rings. The van der Waals surface area contributed by atoms with E-state index >= 15 is 0 Å². The topological polar surface area (TPSA) is 373 Å². The predicted octanol–water partition coefficient (Wildman–Crippen LogP) is 9.18. The average Bonchev–Trinajstić information content (AvgIpc) is 0.755. The summed E-state index contributed by atoms with van der Waals surface area (Å²) < 4.78 is 34.9. The number of rotatable bonds is 60. The number of carboxylic acid groups (broad SMARTS) is 1. The number of aliphatic carboxylic acids is 1. The smallest absolute Gasteiger partial charge is 0.364 e. The molecule has 3 aliphatic heterocycles. The summed E-state index contributed by atoms with van der Waals surface area (Å²) in [5.41, 5.74) is 0. The van der Waals surface area contributed by atoms with Crippen LogP contribution in [0.1, 0.15) is 297 Å². The number of carboxylic acids is 1. The number of aliphatic hydroxyl groups excluding tert-OH is 11. The number of hydrogen-bond donors (Lipinski definition) is 14. The zero-order valence-electron chi connectivity index (χ0n) is 60.4. The van der Waals surface area contributed by atoms with Gasteiger partial charge in [0, 0.05) is 19.8 Å². The summed E-state index contributed by atoms with van der Waals surface area (Å²) in [5, 5.41) is 136. The number of ether oxygens (including phenoxy) is 6. The van der Waals surface area contributed by atoms with Crippen molar-refractivity contribution in [3.63, 3.8) is 0 Å². The third-order valence-electron chi connectivity index (χ3n) is 19.6. The maximum atomic E-state index is 13.5. The van der Waals surface area contributed by atoms with E-state index in [0.717, 1.165) is 77.6 Å². The fourth-order valence-electron chi connectivity index (χ4n) is 13.5. The lowest BCUT2D eigenvalue weighted by atomic mass is 9.88. The van der Waals surface area contributed by atoms with Crippen LogP contribution in [0, 0.1) is 0 Å². The first kappa shape index (κ1) is 89.4. The van der Waals surface area contributed by atoms with E-state index in [9.17, 15) is 75.7 Å². The number of unbranched alkanes of at least 4 members (excludes halogenated alkanes) is 38. The third kappa shape index (κ3) is 35.6. The molecule has 0 bridgehead atoms. The number of carbonyl (C=O) groups is 3. The van der Waals surface area contributed by atoms with Crippen LogP contribution in [-0.2, 0) is 42.8 Å². The molecule has 18 unspecified atom stereocenters. The van der Waals surface area contributed by atoms with Gasteiger partial charge in [0.15, 0.2) is 12.6 Å². The van der Waals surface area contributed by atoms with Crippen LogP contribution in [0.15, 0.2) is 24.3 Å². The highest BCUT2D eigenvalue weighted by Gasteiger charge is 2.60. The Morgan fingerprint density at radius 3 is 1.39 bits per heavy atom. The normalized spacial score (nSPS) is 27.3. The van der Waals surface area contributed by atoms with Crippen molar-refractivity contribution in [3.05, 3.63) is 24.3 Å². The van der Waals surface area contributed by atoms with Gasteiger partial charge in [-0.05, 0) is 44.9 Å². The zero-order valence-corrected chi connectivity index (χ0v) is 60.4. The molecule has 0 aromatic heterocycles. The van der Waals surface area contributed by atoms with E-state index in [1.54, 1.807) is 6.08 Å². The predicted molar refractivity (Wildman–Crippen MR) is 375 cm³/mol. The van der Waals surface area contributed by atoms with Gasteiger partial charge in [0.05, 0.1) is 50.7 Å². The van der Waals surface area contributed by atoms with Gasteiger partial charge in [-0.3, -0.25) is 9.59 Å². The van der Waals surface area contributed by atoms with Gasteiger partial charge in [0.1, 0.15) is 67.1 Å². The van der Waals surface area contributed by atoms with Crippen molar-refractivity contribution in [1.29, 1.82) is 0 Å². The number of carbonyl (C=O) groups excluding carboxylic acids is 2. The highest BCUT2D eigenvalue weighted by atomic mass is 16.8. The Morgan fingerprint density at radius 2 is 0.959 bits per heavy atom. The lowest BCUT2D eigenvalue weighted by Crippen LogP contribution is -2.70. The summed E-state index contributed by atoms with van der Waals surface area (Å²) in [5.74, 6) is -6.14. The van der Waals surface area contributed by atoms with Crippen molar-refractivity contribution >= 4 is 17.8 Å². The summed E-state index contributed by atoms with van der Waals surface area (Å²) in [4.78, 5) is 38.6. The Balaban J connectivity index is 1.55. The average molecular weight is 1400 g/mol. The third-order valence-corrected chi connectivity index (χ3v) is 19.6. The van der Waals surface area contributed by atoms with Crippen molar-refractivity contribution in [2.45, 2.75) is 407 Å². The second kappa shape index (κ2) is 54.8. The number of amides is 2. The number of aliphatic hydroxyl groups is 11. The largest absolute Gasteiger partial charge is 0.477 e. The molecule has 0 aliphatic carbocycles. The van der Waals surface area contributed by atoms with Gasteiger partial charge in [0.25, 0.3) is 5.79 Å². The Labute approximate surface area is 587 Å². The van der Waals surface area contributed by atoms with Crippen molar-refractivity contribution < 1.29 is 104 Å². The van der Waals surface area contributed by atoms with Gasteiger partial charge in [-0.25, -0.2) is 4.79 Å². The minimum atomic E-state index is -3.08. The second-order valence-corrected chi connectivity index (χ2v) is 28.2. The summed E-state index contributed by atoms with van der Waals surface area (Å²) in [6.07, 6.45) is 29.2. The highest BCUT2D eigenvalue weighted by molar-refractivity contribution is 5.77. The van der Waals surface area contributed by atoms with E-state index in [1.807, 2.05) is 6.08 Å². The summed E-state index contributed by atoms with van der Waals surface area (Å²) in [6, 6.07) is -2.62. The SMILES string of the molecule is CCCCCCCCCCC/C=C\CCCCCCCCCC(=O)NC(COC1OC(CO)C(OC2OC(CO)C(O)C(OC3(C(=O)O)CC(O)C(NC(C)=O)C(C(O)C(O)CO)O3)C2O)C(O)C1O)C(O)/C=C/CCCCCCCCCCCCCCCCCCCCCCCC. The lowest BCUT2D eigenvalue weighted by molar-refractivity contribution is -0.386. The molecule has 18 atom stereocenters. The van der Waals surface area contributed by atoms with E-state index in [4.69, 9.17) is 28.4 Å². The molecule has 3 heterocycles.